The van der Waals surface area contributed by atoms with Gasteiger partial charge in [0.05, 0.1) is 29.8 Å². The molecule has 4 rings (SSSR count). The first kappa shape index (κ1) is 18.6. The van der Waals surface area contributed by atoms with Gasteiger partial charge >= 0.3 is 0 Å². The number of nitrogens with one attached hydrogen (secondary N) is 1. The van der Waals surface area contributed by atoms with Crippen LogP contribution in [-0.4, -0.2) is 33.1 Å². The molecule has 0 fully saturated rings. The fourth-order valence-corrected chi connectivity index (χ4v) is 4.64. The molecule has 0 radical (unpaired) electrons. The number of carbonyl (C=O) groups excluding carboxylic acids is 1. The highest BCUT2D eigenvalue weighted by Crippen LogP contribution is 2.41. The summed E-state index contributed by atoms with van der Waals surface area (Å²) in [5, 5.41) is 8.08. The second kappa shape index (κ2) is 7.01. The fourth-order valence-electron chi connectivity index (χ4n) is 3.55. The molecule has 8 heteroatoms. The Balaban J connectivity index is 1.92. The van der Waals surface area contributed by atoms with Crippen LogP contribution in [0.15, 0.2) is 35.3 Å². The Morgan fingerprint density at radius 1 is 1.25 bits per heavy atom. The smallest absolute Gasteiger partial charge is 0.255 e. The molecule has 0 unspecified atom stereocenters. The summed E-state index contributed by atoms with van der Waals surface area (Å²) in [7, 11) is 3.37. The lowest BCUT2D eigenvalue weighted by atomic mass is 10.0. The maximum atomic E-state index is 13.2. The monoisotopic (exact) mass is 398 g/mol. The largest absolute Gasteiger partial charge is 0.497 e. The number of ether oxygens (including phenoxy) is 1. The molecule has 7 nitrogen and oxygen atoms in total. The maximum absolute atomic E-state index is 13.2. The first-order valence-corrected chi connectivity index (χ1v) is 10.1. The molecule has 0 spiro atoms. The van der Waals surface area contributed by atoms with Crippen LogP contribution >= 0.6 is 11.8 Å². The highest BCUT2D eigenvalue weighted by Gasteiger charge is 2.30. The lowest BCUT2D eigenvalue weighted by Gasteiger charge is -2.17. The van der Waals surface area contributed by atoms with Crippen molar-refractivity contribution in [3.05, 3.63) is 51.9 Å². The van der Waals surface area contributed by atoms with Crippen LogP contribution in [0.4, 0.5) is 5.82 Å². The molecule has 3 aromatic rings. The number of nitrogens with zero attached hydrogens (tertiary/aromatic N) is 3. The third kappa shape index (κ3) is 2.97. The summed E-state index contributed by atoms with van der Waals surface area (Å²) in [6, 6.07) is 7.69. The molecule has 3 heterocycles. The molecule has 0 saturated heterocycles. The molecule has 2 aromatic heterocycles. The normalized spacial score (nSPS) is 16.8. The number of rotatable bonds is 3. The second-order valence-electron chi connectivity index (χ2n) is 7.11. The van der Waals surface area contributed by atoms with Crippen molar-refractivity contribution in [3.63, 3.8) is 0 Å². The molecule has 0 bridgehead atoms. The zero-order valence-corrected chi connectivity index (χ0v) is 17.0. The molecule has 1 atom stereocenters. The van der Waals surface area contributed by atoms with Gasteiger partial charge < -0.3 is 14.6 Å². The van der Waals surface area contributed by atoms with Crippen LogP contribution in [0.1, 0.15) is 36.3 Å². The summed E-state index contributed by atoms with van der Waals surface area (Å²) >= 11 is 1.45. The van der Waals surface area contributed by atoms with Crippen molar-refractivity contribution in [2.45, 2.75) is 25.1 Å². The Morgan fingerprint density at radius 2 is 2.04 bits per heavy atom. The molecule has 1 aliphatic rings. The molecular weight excluding hydrogens is 376 g/mol. The van der Waals surface area contributed by atoms with Gasteiger partial charge in [0, 0.05) is 30.3 Å². The predicted molar refractivity (Wildman–Crippen MR) is 111 cm³/mol. The van der Waals surface area contributed by atoms with E-state index in [9.17, 15) is 9.59 Å². The van der Waals surface area contributed by atoms with Crippen LogP contribution in [0.2, 0.25) is 0 Å². The number of thioether (sulfide) groups is 1. The molecule has 1 N–H and O–H groups in total. The topological polar surface area (TPSA) is 78.2 Å². The van der Waals surface area contributed by atoms with Gasteiger partial charge in [-0.2, -0.15) is 5.10 Å². The van der Waals surface area contributed by atoms with Crippen LogP contribution in [-0.2, 0) is 11.8 Å². The van der Waals surface area contributed by atoms with Crippen LogP contribution in [0, 0.1) is 0 Å². The first-order valence-electron chi connectivity index (χ1n) is 9.07. The van der Waals surface area contributed by atoms with E-state index in [2.05, 4.69) is 10.4 Å². The minimum Gasteiger partial charge on any atom is -0.497 e. The van der Waals surface area contributed by atoms with Gasteiger partial charge in [-0.25, -0.2) is 4.68 Å². The zero-order chi connectivity index (χ0) is 20.0. The van der Waals surface area contributed by atoms with Gasteiger partial charge in [0.1, 0.15) is 11.6 Å². The van der Waals surface area contributed by atoms with E-state index in [1.807, 2.05) is 38.1 Å². The van der Waals surface area contributed by atoms with Gasteiger partial charge in [0.2, 0.25) is 5.91 Å². The van der Waals surface area contributed by atoms with Crippen molar-refractivity contribution < 1.29 is 9.53 Å². The van der Waals surface area contributed by atoms with Crippen molar-refractivity contribution in [2.75, 3.05) is 18.2 Å². The maximum Gasteiger partial charge on any atom is 0.255 e. The van der Waals surface area contributed by atoms with E-state index >= 15 is 0 Å². The molecule has 0 saturated carbocycles. The number of fused-ring (bicyclic) bond motifs is 2. The van der Waals surface area contributed by atoms with E-state index in [-0.39, 0.29) is 28.5 Å². The average molecular weight is 398 g/mol. The lowest BCUT2D eigenvalue weighted by Crippen LogP contribution is -2.23. The van der Waals surface area contributed by atoms with Gasteiger partial charge in [-0.3, -0.25) is 9.59 Å². The summed E-state index contributed by atoms with van der Waals surface area (Å²) in [5.74, 6) is 1.57. The van der Waals surface area contributed by atoms with Crippen LogP contribution < -0.4 is 15.6 Å². The number of carbonyl (C=O) groups is 1. The number of pyridine rings is 1. The van der Waals surface area contributed by atoms with E-state index in [1.165, 1.54) is 11.8 Å². The molecule has 0 aliphatic carbocycles. The second-order valence-corrected chi connectivity index (χ2v) is 8.21. The molecule has 1 aromatic carbocycles. The van der Waals surface area contributed by atoms with Gasteiger partial charge in [-0.1, -0.05) is 0 Å². The first-order chi connectivity index (χ1) is 13.4. The number of amides is 1. The molecular formula is C20H22N4O3S. The molecule has 1 amide bonds. The number of anilines is 1. The van der Waals surface area contributed by atoms with Gasteiger partial charge in [-0.15, -0.1) is 11.8 Å². The fraction of sp³-hybridized carbons (Fsp3) is 0.350. The number of hydrogen-bond donors (Lipinski definition) is 1. The third-order valence-corrected chi connectivity index (χ3v) is 6.25. The Bertz CT molecular complexity index is 1130. The Kier molecular flexibility index (Phi) is 4.66. The van der Waals surface area contributed by atoms with E-state index < -0.39 is 0 Å². The molecule has 1 aliphatic heterocycles. The predicted octanol–water partition coefficient (Wildman–Crippen LogP) is 3.10. The molecule has 146 valence electrons. The Morgan fingerprint density at radius 3 is 2.75 bits per heavy atom. The van der Waals surface area contributed by atoms with Crippen LogP contribution in [0.3, 0.4) is 0 Å². The van der Waals surface area contributed by atoms with Crippen molar-refractivity contribution in [1.82, 2.24) is 14.3 Å². The summed E-state index contributed by atoms with van der Waals surface area (Å²) in [4.78, 5) is 25.5. The summed E-state index contributed by atoms with van der Waals surface area (Å²) in [6.45, 7) is 4.02. The summed E-state index contributed by atoms with van der Waals surface area (Å²) in [6.07, 6.45) is 1.76. The van der Waals surface area contributed by atoms with Crippen molar-refractivity contribution in [2.24, 2.45) is 7.05 Å². The van der Waals surface area contributed by atoms with Gasteiger partial charge in [-0.05, 0) is 37.4 Å². The van der Waals surface area contributed by atoms with Crippen LogP contribution in [0.25, 0.3) is 10.9 Å². The number of aryl methyl sites for hydroxylation is 1. The highest BCUT2D eigenvalue weighted by molar-refractivity contribution is 8.00. The summed E-state index contributed by atoms with van der Waals surface area (Å²) in [5.41, 5.74) is 2.22. The zero-order valence-electron chi connectivity index (χ0n) is 16.2. The van der Waals surface area contributed by atoms with Gasteiger partial charge in [0.25, 0.3) is 5.56 Å². The van der Waals surface area contributed by atoms with Crippen molar-refractivity contribution in [3.8, 4) is 5.75 Å². The number of benzene rings is 1. The average Bonchev–Trinajstić information content (AvgIpc) is 3.01. The number of methoxy groups -OCH3 is 1. The van der Waals surface area contributed by atoms with E-state index in [0.717, 1.165) is 16.5 Å². The van der Waals surface area contributed by atoms with Crippen molar-refractivity contribution in [1.29, 1.82) is 0 Å². The Labute approximate surface area is 166 Å². The minimum atomic E-state index is -0.272. The number of aromatic nitrogens is 3. The summed E-state index contributed by atoms with van der Waals surface area (Å²) < 4.78 is 8.72. The van der Waals surface area contributed by atoms with E-state index in [1.54, 1.807) is 29.6 Å². The van der Waals surface area contributed by atoms with E-state index in [0.29, 0.717) is 17.1 Å². The highest BCUT2D eigenvalue weighted by atomic mass is 32.2. The van der Waals surface area contributed by atoms with Crippen LogP contribution in [0.5, 0.6) is 5.75 Å². The lowest BCUT2D eigenvalue weighted by molar-refractivity contribution is -0.113. The Hall–Kier alpha value is -2.74. The van der Waals surface area contributed by atoms with Gasteiger partial charge in [0.15, 0.2) is 0 Å². The quantitative estimate of drug-likeness (QED) is 0.734. The van der Waals surface area contributed by atoms with Crippen molar-refractivity contribution >= 4 is 34.4 Å². The van der Waals surface area contributed by atoms with E-state index in [4.69, 9.17) is 4.74 Å². The minimum absolute atomic E-state index is 0.0847. The SMILES string of the molecule is COc1ccc2cc([C@@H]3SCC(=O)Nc4c3cnn4C(C)C)c(=O)n(C)c2c1. The molecule has 28 heavy (non-hydrogen) atoms. The number of hydrogen-bond acceptors (Lipinski definition) is 5. The standard InChI is InChI=1S/C20H22N4O3S/c1-11(2)24-19-15(9-21-24)18(28-10-17(25)22-19)14-7-12-5-6-13(27-4)8-16(12)23(3)20(14)26/h5-9,11,18H,10H2,1-4H3,(H,22,25)/t18-/m0/s1. The third-order valence-electron chi connectivity index (χ3n) is 4.98.